The number of carbonyl (C=O) groups excluding carboxylic acids is 1. The van der Waals surface area contributed by atoms with E-state index in [2.05, 4.69) is 26.1 Å². The summed E-state index contributed by atoms with van der Waals surface area (Å²) in [5.41, 5.74) is 11.2. The summed E-state index contributed by atoms with van der Waals surface area (Å²) >= 11 is 0. The molecule has 6 heteroatoms. The molecular weight excluding hydrogens is 350 g/mol. The topological polar surface area (TPSA) is 85.8 Å². The zero-order valence-electron chi connectivity index (χ0n) is 17.1. The van der Waals surface area contributed by atoms with Gasteiger partial charge in [-0.3, -0.25) is 4.79 Å². The highest BCUT2D eigenvalue weighted by atomic mass is 16.1. The maximum Gasteiger partial charge on any atom is 0.256 e. The lowest BCUT2D eigenvalue weighted by atomic mass is 10.1. The quantitative estimate of drug-likeness (QED) is 0.657. The molecule has 0 spiro atoms. The van der Waals surface area contributed by atoms with Crippen molar-refractivity contribution in [3.8, 4) is 0 Å². The summed E-state index contributed by atoms with van der Waals surface area (Å²) in [7, 11) is 0. The predicted octanol–water partition coefficient (Wildman–Crippen LogP) is 4.52. The van der Waals surface area contributed by atoms with Gasteiger partial charge >= 0.3 is 0 Å². The molecule has 1 aliphatic carbocycles. The van der Waals surface area contributed by atoms with Crippen LogP contribution in [0.25, 0.3) is 11.0 Å². The number of carbonyl (C=O) groups is 1. The Morgan fingerprint density at radius 2 is 1.93 bits per heavy atom. The molecule has 0 aliphatic heterocycles. The summed E-state index contributed by atoms with van der Waals surface area (Å²) in [5, 5.41) is 8.57. The van der Waals surface area contributed by atoms with E-state index >= 15 is 0 Å². The lowest BCUT2D eigenvalue weighted by Gasteiger charge is -2.20. The van der Waals surface area contributed by atoms with Gasteiger partial charge in [0.1, 0.15) is 0 Å². The molecule has 0 atom stereocenters. The molecular formula is C22H27N5O. The van der Waals surface area contributed by atoms with Crippen LogP contribution < -0.4 is 11.1 Å². The second-order valence-electron chi connectivity index (χ2n) is 8.76. The lowest BCUT2D eigenvalue weighted by Crippen LogP contribution is -2.24. The molecule has 0 saturated heterocycles. The highest BCUT2D eigenvalue weighted by Gasteiger charge is 2.30. The van der Waals surface area contributed by atoms with Crippen molar-refractivity contribution in [2.45, 2.75) is 58.9 Å². The summed E-state index contributed by atoms with van der Waals surface area (Å²) in [6.45, 7) is 10.2. The van der Waals surface area contributed by atoms with Crippen LogP contribution >= 0.6 is 0 Å². The van der Waals surface area contributed by atoms with Crippen molar-refractivity contribution in [1.82, 2.24) is 14.8 Å². The fourth-order valence-corrected chi connectivity index (χ4v) is 3.51. The van der Waals surface area contributed by atoms with Gasteiger partial charge in [-0.25, -0.2) is 9.67 Å². The number of rotatable bonds is 3. The molecule has 0 bridgehead atoms. The van der Waals surface area contributed by atoms with Crippen molar-refractivity contribution < 1.29 is 4.79 Å². The molecule has 146 valence electrons. The molecule has 6 nitrogen and oxygen atoms in total. The highest BCUT2D eigenvalue weighted by Crippen LogP contribution is 2.41. The Morgan fingerprint density at radius 3 is 2.57 bits per heavy atom. The Morgan fingerprint density at radius 1 is 1.21 bits per heavy atom. The Bertz CT molecular complexity index is 1090. The number of hydrogen-bond acceptors (Lipinski definition) is 4. The molecule has 1 saturated carbocycles. The molecule has 1 fully saturated rings. The van der Waals surface area contributed by atoms with Gasteiger partial charge in [0.2, 0.25) is 0 Å². The number of amides is 1. The first kappa shape index (κ1) is 18.5. The SMILES string of the molecule is Cc1ccc(N)cc1NC(=O)c1cc(C2CC2)nc2c1c(C)nn2C(C)(C)C. The van der Waals surface area contributed by atoms with Crippen LogP contribution in [0.3, 0.4) is 0 Å². The minimum Gasteiger partial charge on any atom is -0.399 e. The maximum absolute atomic E-state index is 13.3. The van der Waals surface area contributed by atoms with Crippen molar-refractivity contribution >= 4 is 28.3 Å². The number of nitrogens with two attached hydrogens (primary N) is 1. The van der Waals surface area contributed by atoms with E-state index in [1.807, 2.05) is 36.7 Å². The molecule has 1 amide bonds. The molecule has 2 heterocycles. The van der Waals surface area contributed by atoms with Gasteiger partial charge in [-0.2, -0.15) is 5.10 Å². The smallest absolute Gasteiger partial charge is 0.256 e. The molecule has 3 N–H and O–H groups in total. The minimum atomic E-state index is -0.222. The third kappa shape index (κ3) is 3.23. The van der Waals surface area contributed by atoms with Gasteiger partial charge in [0, 0.05) is 23.0 Å². The van der Waals surface area contributed by atoms with Gasteiger partial charge in [-0.05, 0) is 71.2 Å². The van der Waals surface area contributed by atoms with E-state index in [1.54, 1.807) is 6.07 Å². The van der Waals surface area contributed by atoms with Gasteiger partial charge in [0.25, 0.3) is 5.91 Å². The standard InChI is InChI=1S/C22H27N5O/c1-12-6-9-15(23)10-17(12)25-21(28)16-11-18(14-7-8-14)24-20-19(16)13(2)26-27(20)22(3,4)5/h6,9-11,14H,7-8,23H2,1-5H3,(H,25,28). The fraction of sp³-hybridized carbons (Fsp3) is 0.409. The summed E-state index contributed by atoms with van der Waals surface area (Å²) in [6.07, 6.45) is 2.24. The van der Waals surface area contributed by atoms with Crippen LogP contribution in [0, 0.1) is 13.8 Å². The zero-order chi connectivity index (χ0) is 20.2. The number of pyridine rings is 1. The van der Waals surface area contributed by atoms with Crippen molar-refractivity contribution in [2.24, 2.45) is 0 Å². The number of aryl methyl sites for hydroxylation is 2. The second kappa shape index (κ2) is 6.33. The van der Waals surface area contributed by atoms with Crippen LogP contribution in [0.2, 0.25) is 0 Å². The van der Waals surface area contributed by atoms with Crippen LogP contribution in [-0.4, -0.2) is 20.7 Å². The van der Waals surface area contributed by atoms with Crippen molar-refractivity contribution in [3.63, 3.8) is 0 Å². The van der Waals surface area contributed by atoms with Crippen LogP contribution in [0.15, 0.2) is 24.3 Å². The van der Waals surface area contributed by atoms with Crippen molar-refractivity contribution in [2.75, 3.05) is 11.1 Å². The first-order valence-electron chi connectivity index (χ1n) is 9.73. The molecule has 0 unspecified atom stereocenters. The number of aromatic nitrogens is 3. The Balaban J connectivity index is 1.86. The molecule has 1 aromatic carbocycles. The monoisotopic (exact) mass is 377 g/mol. The number of nitrogens with one attached hydrogen (secondary N) is 1. The van der Waals surface area contributed by atoms with Crippen LogP contribution in [0.1, 0.15) is 66.8 Å². The van der Waals surface area contributed by atoms with Gasteiger partial charge in [0.15, 0.2) is 5.65 Å². The van der Waals surface area contributed by atoms with Crippen LogP contribution in [0.4, 0.5) is 11.4 Å². The van der Waals surface area contributed by atoms with E-state index in [-0.39, 0.29) is 11.4 Å². The zero-order valence-corrected chi connectivity index (χ0v) is 17.1. The third-order valence-corrected chi connectivity index (χ3v) is 5.22. The van der Waals surface area contributed by atoms with Crippen LogP contribution in [0.5, 0.6) is 0 Å². The second-order valence-corrected chi connectivity index (χ2v) is 8.76. The largest absolute Gasteiger partial charge is 0.399 e. The van der Waals surface area contributed by atoms with Gasteiger partial charge in [-0.15, -0.1) is 0 Å². The van der Waals surface area contributed by atoms with Gasteiger partial charge in [0.05, 0.1) is 22.2 Å². The van der Waals surface area contributed by atoms with Crippen LogP contribution in [-0.2, 0) is 5.54 Å². The maximum atomic E-state index is 13.3. The highest BCUT2D eigenvalue weighted by molar-refractivity contribution is 6.13. The number of anilines is 2. The predicted molar refractivity (Wildman–Crippen MR) is 113 cm³/mol. The van der Waals surface area contributed by atoms with E-state index in [0.717, 1.165) is 46.5 Å². The Labute approximate surface area is 165 Å². The normalized spacial score (nSPS) is 14.5. The Hall–Kier alpha value is -2.89. The first-order valence-corrected chi connectivity index (χ1v) is 9.73. The molecule has 2 aromatic heterocycles. The summed E-state index contributed by atoms with van der Waals surface area (Å²) in [6, 6.07) is 7.47. The minimum absolute atomic E-state index is 0.153. The van der Waals surface area contributed by atoms with Crippen molar-refractivity contribution in [1.29, 1.82) is 0 Å². The number of benzene rings is 1. The summed E-state index contributed by atoms with van der Waals surface area (Å²) < 4.78 is 1.94. The van der Waals surface area contributed by atoms with Crippen molar-refractivity contribution in [3.05, 3.63) is 46.8 Å². The third-order valence-electron chi connectivity index (χ3n) is 5.22. The first-order chi connectivity index (χ1) is 13.1. The number of nitrogens with zero attached hydrogens (tertiary/aromatic N) is 3. The van der Waals surface area contributed by atoms with E-state index in [4.69, 9.17) is 15.8 Å². The van der Waals surface area contributed by atoms with Gasteiger partial charge < -0.3 is 11.1 Å². The molecule has 0 radical (unpaired) electrons. The molecule has 1 aliphatic rings. The van der Waals surface area contributed by atoms with E-state index < -0.39 is 0 Å². The fourth-order valence-electron chi connectivity index (χ4n) is 3.51. The van der Waals surface area contributed by atoms with Gasteiger partial charge in [-0.1, -0.05) is 6.07 Å². The molecule has 28 heavy (non-hydrogen) atoms. The number of nitrogen functional groups attached to an aromatic ring is 1. The molecule has 4 rings (SSSR count). The average Bonchev–Trinajstić information content (AvgIpc) is 3.40. The summed E-state index contributed by atoms with van der Waals surface area (Å²) in [4.78, 5) is 18.2. The van der Waals surface area contributed by atoms with E-state index in [1.165, 1.54) is 0 Å². The lowest BCUT2D eigenvalue weighted by molar-refractivity contribution is 0.102. The number of fused-ring (bicyclic) bond motifs is 1. The van der Waals surface area contributed by atoms with E-state index in [0.29, 0.717) is 17.2 Å². The Kier molecular flexibility index (Phi) is 4.17. The average molecular weight is 377 g/mol. The number of hydrogen-bond donors (Lipinski definition) is 2. The molecule has 3 aromatic rings. The van der Waals surface area contributed by atoms with E-state index in [9.17, 15) is 4.79 Å². The summed E-state index contributed by atoms with van der Waals surface area (Å²) in [5.74, 6) is 0.285.